The third-order valence-electron chi connectivity index (χ3n) is 10.1. The molecule has 3 aromatic carbocycles. The lowest BCUT2D eigenvalue weighted by atomic mass is 9.71. The molecular weight excluding hydrogens is 584 g/mol. The highest BCUT2D eigenvalue weighted by atomic mass is 19.2. The molecule has 46 heavy (non-hydrogen) atoms. The van der Waals surface area contributed by atoms with Gasteiger partial charge in [-0.15, -0.1) is 0 Å². The van der Waals surface area contributed by atoms with E-state index in [1.165, 1.54) is 57.1 Å². The van der Waals surface area contributed by atoms with Crippen molar-refractivity contribution >= 4 is 5.57 Å². The number of unbranched alkanes of at least 4 members (excludes halogenated alkanes) is 5. The fourth-order valence-electron chi connectivity index (χ4n) is 7.39. The quantitative estimate of drug-likeness (QED) is 0.103. The highest BCUT2D eigenvalue weighted by Crippen LogP contribution is 2.42. The largest absolute Gasteiger partial charge is 0.490 e. The zero-order valence-electron chi connectivity index (χ0n) is 27.4. The number of halogens is 4. The third-order valence-corrected chi connectivity index (χ3v) is 10.1. The molecule has 0 radical (unpaired) electrons. The van der Waals surface area contributed by atoms with Crippen molar-refractivity contribution in [3.63, 3.8) is 0 Å². The molecule has 1 nitrogen and oxygen atoms in total. The van der Waals surface area contributed by atoms with Gasteiger partial charge in [-0.1, -0.05) is 93.7 Å². The van der Waals surface area contributed by atoms with Gasteiger partial charge in [-0.25, -0.2) is 13.2 Å². The predicted octanol–water partition coefficient (Wildman–Crippen LogP) is 12.9. The number of ether oxygens (including phenoxy) is 1. The smallest absolute Gasteiger partial charge is 0.201 e. The number of allylic oxidation sites excluding steroid dienone is 4. The Morgan fingerprint density at radius 3 is 1.87 bits per heavy atom. The van der Waals surface area contributed by atoms with Crippen LogP contribution < -0.4 is 4.74 Å². The lowest BCUT2D eigenvalue weighted by Gasteiger charge is -2.35. The highest BCUT2D eigenvalue weighted by molar-refractivity contribution is 5.74. The summed E-state index contributed by atoms with van der Waals surface area (Å²) in [5.74, 6) is -1.78. The molecule has 0 aliphatic heterocycles. The molecule has 2 aliphatic carbocycles. The van der Waals surface area contributed by atoms with Crippen LogP contribution in [0, 0.1) is 41.0 Å². The number of benzene rings is 3. The summed E-state index contributed by atoms with van der Waals surface area (Å²) in [6.07, 6.45) is 20.8. The van der Waals surface area contributed by atoms with Crippen LogP contribution in [0.4, 0.5) is 17.6 Å². The summed E-state index contributed by atoms with van der Waals surface area (Å²) in [6, 6.07) is 12.7. The molecule has 1 atom stereocenters. The van der Waals surface area contributed by atoms with Gasteiger partial charge >= 0.3 is 0 Å². The van der Waals surface area contributed by atoms with Crippen LogP contribution in [-0.4, -0.2) is 6.61 Å². The minimum Gasteiger partial charge on any atom is -0.490 e. The lowest BCUT2D eigenvalue weighted by Crippen LogP contribution is -2.22. The van der Waals surface area contributed by atoms with Crippen LogP contribution in [0.25, 0.3) is 27.8 Å². The Morgan fingerprint density at radius 2 is 1.24 bits per heavy atom. The zero-order valence-corrected chi connectivity index (χ0v) is 27.4. The van der Waals surface area contributed by atoms with E-state index in [-0.39, 0.29) is 16.9 Å². The Kier molecular flexibility index (Phi) is 12.2. The molecule has 1 saturated carbocycles. The summed E-state index contributed by atoms with van der Waals surface area (Å²) >= 11 is 0. The molecule has 1 fully saturated rings. The van der Waals surface area contributed by atoms with Gasteiger partial charge in [0.25, 0.3) is 0 Å². The second kappa shape index (κ2) is 16.5. The predicted molar refractivity (Wildman–Crippen MR) is 182 cm³/mol. The molecule has 5 heteroatoms. The van der Waals surface area contributed by atoms with E-state index in [0.29, 0.717) is 35.1 Å². The first-order valence-corrected chi connectivity index (χ1v) is 17.4. The first kappa shape index (κ1) is 34.0. The molecule has 0 saturated heterocycles. The van der Waals surface area contributed by atoms with Crippen LogP contribution in [-0.2, 0) is 0 Å². The van der Waals surface area contributed by atoms with Gasteiger partial charge in [0.05, 0.1) is 6.61 Å². The van der Waals surface area contributed by atoms with Crippen molar-refractivity contribution in [3.8, 4) is 28.0 Å². The second-order valence-electron chi connectivity index (χ2n) is 13.2. The first-order chi connectivity index (χ1) is 22.4. The molecular formula is C41H48F4O. The van der Waals surface area contributed by atoms with Crippen molar-refractivity contribution in [2.24, 2.45) is 17.8 Å². The van der Waals surface area contributed by atoms with E-state index in [2.05, 4.69) is 32.1 Å². The molecule has 1 unspecified atom stereocenters. The van der Waals surface area contributed by atoms with Gasteiger partial charge < -0.3 is 4.74 Å². The molecule has 3 aromatic rings. The summed E-state index contributed by atoms with van der Waals surface area (Å²) in [6.45, 7) is 4.59. The first-order valence-electron chi connectivity index (χ1n) is 17.4. The maximum absolute atomic E-state index is 15.4. The Hall–Kier alpha value is -3.34. The molecule has 2 aliphatic rings. The fourth-order valence-corrected chi connectivity index (χ4v) is 7.39. The molecule has 0 amide bonds. The molecule has 0 aromatic heterocycles. The van der Waals surface area contributed by atoms with Gasteiger partial charge in [0.2, 0.25) is 5.82 Å². The normalized spacial score (nSPS) is 20.2. The standard InChI is InChI=1S/C41H48F4O/c1-3-5-6-7-8-9-27-46-37-26-25-36(40(44)41(37)45)33-21-19-32(20-22-33)35-24-23-34(38(42)39(35)43)31-17-15-30(16-18-31)29-13-11-28(10-4-2)12-14-29/h4,10,17,19-26,28-30H,3,5-9,11-16,18,27H2,1-2H3. The maximum atomic E-state index is 15.4. The summed E-state index contributed by atoms with van der Waals surface area (Å²) in [5, 5.41) is 0. The SMILES string of the molecule is CC=CC1CCC(C2CC=C(c3ccc(-c4ccc(-c5ccc(OCCCCCCCC)c(F)c5F)cc4)c(F)c3F)CC2)CC1. The van der Waals surface area contributed by atoms with E-state index in [9.17, 15) is 4.39 Å². The summed E-state index contributed by atoms with van der Waals surface area (Å²) < 4.78 is 66.2. The Morgan fingerprint density at radius 1 is 0.652 bits per heavy atom. The molecule has 246 valence electrons. The van der Waals surface area contributed by atoms with Crippen LogP contribution in [0.2, 0.25) is 0 Å². The van der Waals surface area contributed by atoms with Gasteiger partial charge in [0, 0.05) is 16.7 Å². The minimum atomic E-state index is -1.02. The van der Waals surface area contributed by atoms with E-state index in [4.69, 9.17) is 4.74 Å². The zero-order chi connectivity index (χ0) is 32.5. The number of hydrogen-bond donors (Lipinski definition) is 0. The summed E-state index contributed by atoms with van der Waals surface area (Å²) in [4.78, 5) is 0. The van der Waals surface area contributed by atoms with Crippen LogP contribution in [0.3, 0.4) is 0 Å². The Labute approximate surface area is 272 Å². The average molecular weight is 633 g/mol. The van der Waals surface area contributed by atoms with Crippen molar-refractivity contribution in [3.05, 3.63) is 95.6 Å². The second-order valence-corrected chi connectivity index (χ2v) is 13.2. The summed E-state index contributed by atoms with van der Waals surface area (Å²) in [7, 11) is 0. The Balaban J connectivity index is 1.21. The van der Waals surface area contributed by atoms with Gasteiger partial charge in [-0.2, -0.15) is 4.39 Å². The van der Waals surface area contributed by atoms with Crippen molar-refractivity contribution in [1.29, 1.82) is 0 Å². The van der Waals surface area contributed by atoms with Crippen molar-refractivity contribution in [2.75, 3.05) is 6.61 Å². The minimum absolute atomic E-state index is 0.0892. The van der Waals surface area contributed by atoms with E-state index >= 15 is 13.2 Å². The van der Waals surface area contributed by atoms with Gasteiger partial charge in [0.15, 0.2) is 23.2 Å². The van der Waals surface area contributed by atoms with Crippen molar-refractivity contribution < 1.29 is 22.3 Å². The third kappa shape index (κ3) is 8.14. The van der Waals surface area contributed by atoms with Crippen LogP contribution in [0.5, 0.6) is 5.75 Å². The van der Waals surface area contributed by atoms with Gasteiger partial charge in [-0.05, 0) is 105 Å². The molecule has 0 N–H and O–H groups in total. The van der Waals surface area contributed by atoms with Crippen molar-refractivity contribution in [2.45, 2.75) is 97.3 Å². The van der Waals surface area contributed by atoms with E-state index in [0.717, 1.165) is 50.0 Å². The lowest BCUT2D eigenvalue weighted by molar-refractivity contribution is 0.212. The number of hydrogen-bond acceptors (Lipinski definition) is 1. The fraction of sp³-hybridized carbons (Fsp3) is 0.463. The Bertz CT molecular complexity index is 1500. The highest BCUT2D eigenvalue weighted by Gasteiger charge is 2.29. The van der Waals surface area contributed by atoms with Crippen LogP contribution in [0.1, 0.15) is 103 Å². The maximum Gasteiger partial charge on any atom is 0.201 e. The van der Waals surface area contributed by atoms with Crippen molar-refractivity contribution in [1.82, 2.24) is 0 Å². The molecule has 0 heterocycles. The average Bonchev–Trinajstić information content (AvgIpc) is 3.08. The van der Waals surface area contributed by atoms with Gasteiger partial charge in [-0.3, -0.25) is 0 Å². The molecule has 0 spiro atoms. The molecule has 0 bridgehead atoms. The number of rotatable bonds is 13. The van der Waals surface area contributed by atoms with Gasteiger partial charge in [0.1, 0.15) is 0 Å². The summed E-state index contributed by atoms with van der Waals surface area (Å²) in [5.41, 5.74) is 2.37. The van der Waals surface area contributed by atoms with E-state index in [1.807, 2.05) is 0 Å². The van der Waals surface area contributed by atoms with Crippen LogP contribution in [0.15, 0.2) is 66.8 Å². The monoisotopic (exact) mass is 632 g/mol. The molecule has 5 rings (SSSR count). The van der Waals surface area contributed by atoms with Crippen LogP contribution >= 0.6 is 0 Å². The van der Waals surface area contributed by atoms with E-state index in [1.54, 1.807) is 36.4 Å². The topological polar surface area (TPSA) is 9.23 Å². The van der Waals surface area contributed by atoms with E-state index < -0.39 is 23.3 Å².